The molecule has 3 heterocycles. The lowest BCUT2D eigenvalue weighted by molar-refractivity contribution is 0.0572. The number of carbonyl (C=O) groups is 1. The molecule has 3 aromatic rings. The molecule has 2 atom stereocenters. The van der Waals surface area contributed by atoms with Crippen molar-refractivity contribution < 1.29 is 33.3 Å². The number of aromatic nitrogens is 2. The maximum atomic E-state index is 14.4. The third-order valence-electron chi connectivity index (χ3n) is 4.87. The van der Waals surface area contributed by atoms with E-state index >= 15 is 0 Å². The molecule has 0 amide bonds. The van der Waals surface area contributed by atoms with Crippen LogP contribution in [-0.2, 0) is 0 Å². The second-order valence-corrected chi connectivity index (χ2v) is 6.85. The molecule has 1 aliphatic heterocycles. The summed E-state index contributed by atoms with van der Waals surface area (Å²) >= 11 is 0. The summed E-state index contributed by atoms with van der Waals surface area (Å²) in [6.07, 6.45) is -1.35. The van der Waals surface area contributed by atoms with Crippen LogP contribution in [0.2, 0.25) is 0 Å². The van der Waals surface area contributed by atoms with Crippen LogP contribution in [0.3, 0.4) is 0 Å². The van der Waals surface area contributed by atoms with Crippen LogP contribution in [0.4, 0.5) is 19.0 Å². The molecule has 1 saturated heterocycles. The van der Waals surface area contributed by atoms with Gasteiger partial charge in [-0.3, -0.25) is 9.36 Å². The molecule has 1 aromatic carbocycles. The molecule has 0 radical (unpaired) electrons. The Morgan fingerprint density at radius 2 is 1.67 bits per heavy atom. The van der Waals surface area contributed by atoms with E-state index in [0.717, 1.165) is 10.8 Å². The van der Waals surface area contributed by atoms with Gasteiger partial charge in [0, 0.05) is 31.4 Å². The topological polar surface area (TPSA) is 116 Å². The number of hydrogen-bond donors (Lipinski definition) is 3. The van der Waals surface area contributed by atoms with Gasteiger partial charge in [-0.15, -0.1) is 0 Å². The lowest BCUT2D eigenvalue weighted by atomic mass is 10.1. The standard InChI is InChI=1S/C19H14F3N3O5/c20-8-3-11(21)16(12(22)4-8)25-5-10(19(29)30)17(28)9-1-2-15(23-18(9)25)24-6-13(26)14(27)7-24/h1-5,13-14,26-27H,6-7H2,(H,29,30)/t13-,14-/m1/s1. The molecule has 11 heteroatoms. The van der Waals surface area contributed by atoms with Crippen molar-refractivity contribution in [2.75, 3.05) is 18.0 Å². The SMILES string of the molecule is O=C(O)c1cn(-c2c(F)cc(F)cc2F)c2nc(N3C[C@@H](O)[C@H](O)C3)ccc2c1=O. The van der Waals surface area contributed by atoms with Crippen LogP contribution in [-0.4, -0.2) is 56.1 Å². The maximum Gasteiger partial charge on any atom is 0.341 e. The number of nitrogens with zero attached hydrogens (tertiary/aromatic N) is 3. The molecule has 0 bridgehead atoms. The molecule has 2 aromatic heterocycles. The Morgan fingerprint density at radius 1 is 1.07 bits per heavy atom. The number of aliphatic hydroxyl groups excluding tert-OH is 2. The molecule has 3 N–H and O–H groups in total. The van der Waals surface area contributed by atoms with Gasteiger partial charge in [-0.25, -0.2) is 22.9 Å². The maximum absolute atomic E-state index is 14.4. The zero-order valence-corrected chi connectivity index (χ0v) is 15.1. The van der Waals surface area contributed by atoms with Crippen LogP contribution >= 0.6 is 0 Å². The van der Waals surface area contributed by atoms with Gasteiger partial charge in [0.05, 0.1) is 17.6 Å². The fourth-order valence-corrected chi connectivity index (χ4v) is 3.41. The molecule has 0 aliphatic carbocycles. The van der Waals surface area contributed by atoms with Gasteiger partial charge >= 0.3 is 5.97 Å². The van der Waals surface area contributed by atoms with Gasteiger partial charge in [-0.1, -0.05) is 0 Å². The number of carboxylic acid groups (broad SMARTS) is 1. The molecule has 0 spiro atoms. The molecule has 0 saturated carbocycles. The van der Waals surface area contributed by atoms with E-state index in [0.29, 0.717) is 12.1 Å². The lowest BCUT2D eigenvalue weighted by Gasteiger charge is -2.19. The van der Waals surface area contributed by atoms with Crippen molar-refractivity contribution >= 4 is 22.8 Å². The lowest BCUT2D eigenvalue weighted by Crippen LogP contribution is -2.24. The third kappa shape index (κ3) is 3.17. The number of aliphatic hydroxyl groups is 2. The minimum absolute atomic E-state index is 0.0242. The van der Waals surface area contributed by atoms with Gasteiger partial charge in [-0.2, -0.15) is 0 Å². The Morgan fingerprint density at radius 3 is 2.23 bits per heavy atom. The number of aromatic carboxylic acids is 1. The smallest absolute Gasteiger partial charge is 0.341 e. The van der Waals surface area contributed by atoms with Crippen LogP contribution < -0.4 is 10.3 Å². The molecule has 8 nitrogen and oxygen atoms in total. The van der Waals surface area contributed by atoms with Crippen molar-refractivity contribution in [3.8, 4) is 5.69 Å². The van der Waals surface area contributed by atoms with Gasteiger partial charge in [-0.05, 0) is 12.1 Å². The summed E-state index contributed by atoms with van der Waals surface area (Å²) in [7, 11) is 0. The second-order valence-electron chi connectivity index (χ2n) is 6.85. The average Bonchev–Trinajstić information content (AvgIpc) is 3.01. The van der Waals surface area contributed by atoms with Gasteiger partial charge in [0.15, 0.2) is 17.3 Å². The van der Waals surface area contributed by atoms with E-state index in [-0.39, 0.29) is 29.9 Å². The number of hydrogen-bond acceptors (Lipinski definition) is 6. The van der Waals surface area contributed by atoms with E-state index in [1.807, 2.05) is 0 Å². The minimum Gasteiger partial charge on any atom is -0.477 e. The van der Waals surface area contributed by atoms with Crippen molar-refractivity contribution in [1.29, 1.82) is 0 Å². The molecule has 156 valence electrons. The number of fused-ring (bicyclic) bond motifs is 1. The normalized spacial score (nSPS) is 18.9. The Hall–Kier alpha value is -3.44. The zero-order valence-electron chi connectivity index (χ0n) is 15.1. The Bertz CT molecular complexity index is 1210. The first-order valence-corrected chi connectivity index (χ1v) is 8.73. The van der Waals surface area contributed by atoms with E-state index < -0.39 is 52.3 Å². The predicted molar refractivity (Wildman–Crippen MR) is 98.4 cm³/mol. The highest BCUT2D eigenvalue weighted by Crippen LogP contribution is 2.26. The van der Waals surface area contributed by atoms with Crippen molar-refractivity contribution in [2.24, 2.45) is 0 Å². The summed E-state index contributed by atoms with van der Waals surface area (Å²) in [5.74, 6) is -5.27. The van der Waals surface area contributed by atoms with Crippen LogP contribution in [0.15, 0.2) is 35.3 Å². The molecular weight excluding hydrogens is 407 g/mol. The van der Waals surface area contributed by atoms with Crippen molar-refractivity contribution in [3.63, 3.8) is 0 Å². The number of β-amino-alcohol motifs (C(OH)–C–C–N with tert-alkyl or cyclic N) is 2. The van der Waals surface area contributed by atoms with Gasteiger partial charge in [0.2, 0.25) is 5.43 Å². The van der Waals surface area contributed by atoms with E-state index in [9.17, 15) is 38.1 Å². The summed E-state index contributed by atoms with van der Waals surface area (Å²) in [6.45, 7) is 0.0484. The fourth-order valence-electron chi connectivity index (χ4n) is 3.41. The monoisotopic (exact) mass is 421 g/mol. The summed E-state index contributed by atoms with van der Waals surface area (Å²) in [6, 6.07) is 3.43. The molecule has 0 unspecified atom stereocenters. The molecule has 1 fully saturated rings. The zero-order chi connectivity index (χ0) is 21.7. The summed E-state index contributed by atoms with van der Waals surface area (Å²) in [5, 5.41) is 28.6. The van der Waals surface area contributed by atoms with Crippen LogP contribution in [0.1, 0.15) is 10.4 Å². The fraction of sp³-hybridized carbons (Fsp3) is 0.211. The number of pyridine rings is 2. The average molecular weight is 421 g/mol. The van der Waals surface area contributed by atoms with Crippen LogP contribution in [0.5, 0.6) is 0 Å². The number of anilines is 1. The quantitative estimate of drug-likeness (QED) is 0.579. The Kier molecular flexibility index (Phi) is 4.71. The third-order valence-corrected chi connectivity index (χ3v) is 4.87. The van der Waals surface area contributed by atoms with Gasteiger partial charge < -0.3 is 20.2 Å². The molecule has 4 rings (SSSR count). The Balaban J connectivity index is 2.02. The number of halogens is 3. The largest absolute Gasteiger partial charge is 0.477 e. The first-order valence-electron chi connectivity index (χ1n) is 8.73. The van der Waals surface area contributed by atoms with Crippen molar-refractivity contribution in [2.45, 2.75) is 12.2 Å². The second kappa shape index (κ2) is 7.11. The van der Waals surface area contributed by atoms with E-state index in [1.54, 1.807) is 0 Å². The highest BCUT2D eigenvalue weighted by molar-refractivity contribution is 5.92. The minimum atomic E-state index is -1.62. The first-order chi connectivity index (χ1) is 14.2. The summed E-state index contributed by atoms with van der Waals surface area (Å²) < 4.78 is 42.9. The summed E-state index contributed by atoms with van der Waals surface area (Å²) in [4.78, 5) is 29.7. The number of carboxylic acids is 1. The number of rotatable bonds is 3. The summed E-state index contributed by atoms with van der Waals surface area (Å²) in [5.41, 5.74) is -2.76. The first kappa shape index (κ1) is 19.9. The Labute approximate surface area is 166 Å². The van der Waals surface area contributed by atoms with E-state index in [4.69, 9.17) is 0 Å². The highest BCUT2D eigenvalue weighted by Gasteiger charge is 2.31. The van der Waals surface area contributed by atoms with Crippen LogP contribution in [0, 0.1) is 17.5 Å². The van der Waals surface area contributed by atoms with Crippen LogP contribution in [0.25, 0.3) is 16.7 Å². The molecule has 1 aliphatic rings. The van der Waals surface area contributed by atoms with Crippen molar-refractivity contribution in [1.82, 2.24) is 9.55 Å². The molecular formula is C19H14F3N3O5. The van der Waals surface area contributed by atoms with Gasteiger partial charge in [0.25, 0.3) is 0 Å². The predicted octanol–water partition coefficient (Wildman–Crippen LogP) is 1.04. The highest BCUT2D eigenvalue weighted by atomic mass is 19.1. The van der Waals surface area contributed by atoms with E-state index in [2.05, 4.69) is 4.98 Å². The molecule has 30 heavy (non-hydrogen) atoms. The van der Waals surface area contributed by atoms with E-state index in [1.165, 1.54) is 17.0 Å². The van der Waals surface area contributed by atoms with Gasteiger partial charge in [0.1, 0.15) is 22.9 Å². The van der Waals surface area contributed by atoms with Crippen molar-refractivity contribution in [3.05, 3.63) is 63.7 Å². The number of benzene rings is 1.